The summed E-state index contributed by atoms with van der Waals surface area (Å²) in [7, 11) is 3.81. The summed E-state index contributed by atoms with van der Waals surface area (Å²) < 4.78 is 0. The highest BCUT2D eigenvalue weighted by molar-refractivity contribution is 6.46. The molecular weight excluding hydrogens is 482 g/mol. The standard InChI is InChI=1S/C27H24ClN3O5/c1-29(2)21-11-5-18(6-12-21)24-23(25(32)19-7-13-22(14-8-19)31(35)36)26(33)27(34)30(24)16-15-17-3-9-20(28)10-4-17/h3-14,24,32H,15-16H2,1-2H3/b25-23-. The summed E-state index contributed by atoms with van der Waals surface area (Å²) in [5.41, 5.74) is 2.56. The second-order valence-corrected chi connectivity index (χ2v) is 9.10. The smallest absolute Gasteiger partial charge is 0.295 e. The molecule has 9 heteroatoms. The number of benzene rings is 3. The number of Topliss-reactive ketones (excluding diaryl/α,β-unsaturated/α-hetero) is 1. The number of non-ortho nitro benzene ring substituents is 1. The lowest BCUT2D eigenvalue weighted by molar-refractivity contribution is -0.384. The van der Waals surface area contributed by atoms with Gasteiger partial charge in [-0.3, -0.25) is 19.7 Å². The van der Waals surface area contributed by atoms with Gasteiger partial charge in [-0.05, 0) is 53.9 Å². The molecule has 8 nitrogen and oxygen atoms in total. The molecule has 3 aromatic rings. The molecule has 1 atom stereocenters. The number of hydrogen-bond donors (Lipinski definition) is 1. The SMILES string of the molecule is CN(C)c1ccc(C2/C(=C(/O)c3ccc([N+](=O)[O-])cc3)C(=O)C(=O)N2CCc2ccc(Cl)cc2)cc1. The van der Waals surface area contributed by atoms with Crippen LogP contribution in [0.4, 0.5) is 11.4 Å². The average molecular weight is 506 g/mol. The number of ketones is 1. The zero-order valence-corrected chi connectivity index (χ0v) is 20.5. The molecule has 1 unspecified atom stereocenters. The minimum atomic E-state index is -0.816. The number of nitro groups is 1. The van der Waals surface area contributed by atoms with Crippen LogP contribution in [0.5, 0.6) is 0 Å². The predicted molar refractivity (Wildman–Crippen MR) is 138 cm³/mol. The Bertz CT molecular complexity index is 1330. The number of carbonyl (C=O) groups is 2. The van der Waals surface area contributed by atoms with Crippen molar-refractivity contribution in [2.75, 3.05) is 25.5 Å². The Labute approximate surface area is 213 Å². The topological polar surface area (TPSA) is 104 Å². The lowest BCUT2D eigenvalue weighted by atomic mass is 9.95. The van der Waals surface area contributed by atoms with E-state index in [2.05, 4.69) is 0 Å². The average Bonchev–Trinajstić information content (AvgIpc) is 3.13. The van der Waals surface area contributed by atoms with Crippen molar-refractivity contribution in [3.05, 3.63) is 110 Å². The van der Waals surface area contributed by atoms with Crippen molar-refractivity contribution in [2.45, 2.75) is 12.5 Å². The van der Waals surface area contributed by atoms with Crippen molar-refractivity contribution >= 4 is 40.4 Å². The summed E-state index contributed by atoms with van der Waals surface area (Å²) in [5, 5.41) is 22.7. The number of rotatable bonds is 7. The van der Waals surface area contributed by atoms with Gasteiger partial charge in [0.25, 0.3) is 17.4 Å². The number of nitrogens with zero attached hydrogens (tertiary/aromatic N) is 3. The highest BCUT2D eigenvalue weighted by Crippen LogP contribution is 2.40. The van der Waals surface area contributed by atoms with Crippen molar-refractivity contribution in [1.82, 2.24) is 4.90 Å². The monoisotopic (exact) mass is 505 g/mol. The molecule has 1 amide bonds. The van der Waals surface area contributed by atoms with Crippen LogP contribution < -0.4 is 4.90 Å². The van der Waals surface area contributed by atoms with E-state index in [1.165, 1.54) is 29.2 Å². The Morgan fingerprint density at radius 3 is 2.17 bits per heavy atom. The lowest BCUT2D eigenvalue weighted by Gasteiger charge is -2.26. The van der Waals surface area contributed by atoms with Gasteiger partial charge in [-0.15, -0.1) is 0 Å². The van der Waals surface area contributed by atoms with Gasteiger partial charge in [0.05, 0.1) is 16.5 Å². The van der Waals surface area contributed by atoms with Gasteiger partial charge in [0.2, 0.25) is 0 Å². The van der Waals surface area contributed by atoms with Gasteiger partial charge in [0, 0.05) is 49.0 Å². The molecule has 0 aliphatic carbocycles. The van der Waals surface area contributed by atoms with Crippen LogP contribution >= 0.6 is 11.6 Å². The zero-order chi connectivity index (χ0) is 26.0. The molecule has 184 valence electrons. The van der Waals surface area contributed by atoms with Crippen molar-refractivity contribution in [2.24, 2.45) is 0 Å². The van der Waals surface area contributed by atoms with Crippen molar-refractivity contribution in [1.29, 1.82) is 0 Å². The maximum Gasteiger partial charge on any atom is 0.295 e. The number of amides is 1. The maximum absolute atomic E-state index is 13.2. The van der Waals surface area contributed by atoms with Crippen LogP contribution in [0.25, 0.3) is 5.76 Å². The van der Waals surface area contributed by atoms with E-state index in [1.54, 1.807) is 12.1 Å². The second-order valence-electron chi connectivity index (χ2n) is 8.66. The number of aliphatic hydroxyl groups is 1. The highest BCUT2D eigenvalue weighted by Gasteiger charge is 2.45. The number of likely N-dealkylation sites (tertiary alicyclic amines) is 1. The Hall–Kier alpha value is -4.17. The van der Waals surface area contributed by atoms with E-state index in [0.717, 1.165) is 11.3 Å². The first-order valence-corrected chi connectivity index (χ1v) is 11.6. The van der Waals surface area contributed by atoms with Crippen molar-refractivity contribution < 1.29 is 19.6 Å². The minimum Gasteiger partial charge on any atom is -0.507 e. The first-order valence-electron chi connectivity index (χ1n) is 11.2. The van der Waals surface area contributed by atoms with Crippen LogP contribution in [0, 0.1) is 10.1 Å². The van der Waals surface area contributed by atoms with E-state index < -0.39 is 22.7 Å². The van der Waals surface area contributed by atoms with E-state index in [-0.39, 0.29) is 29.1 Å². The number of anilines is 1. The van der Waals surface area contributed by atoms with Gasteiger partial charge in [0.15, 0.2) is 0 Å². The van der Waals surface area contributed by atoms with Gasteiger partial charge in [-0.2, -0.15) is 0 Å². The van der Waals surface area contributed by atoms with Gasteiger partial charge in [-0.25, -0.2) is 0 Å². The Morgan fingerprint density at radius 1 is 1.00 bits per heavy atom. The molecular formula is C27H24ClN3O5. The molecule has 4 rings (SSSR count). The molecule has 1 saturated heterocycles. The van der Waals surface area contributed by atoms with E-state index in [4.69, 9.17) is 11.6 Å². The summed E-state index contributed by atoms with van der Waals surface area (Å²) in [6.45, 7) is 0.239. The van der Waals surface area contributed by atoms with E-state index in [9.17, 15) is 24.8 Å². The summed E-state index contributed by atoms with van der Waals surface area (Å²) in [4.78, 5) is 40.2. The van der Waals surface area contributed by atoms with Gasteiger partial charge >= 0.3 is 0 Å². The summed E-state index contributed by atoms with van der Waals surface area (Å²) in [5.74, 6) is -1.89. The molecule has 0 aromatic heterocycles. The van der Waals surface area contributed by atoms with Gasteiger partial charge < -0.3 is 14.9 Å². The minimum absolute atomic E-state index is 0.0532. The fourth-order valence-corrected chi connectivity index (χ4v) is 4.34. The van der Waals surface area contributed by atoms with Crippen LogP contribution in [0.2, 0.25) is 5.02 Å². The first kappa shape index (κ1) is 24.9. The fraction of sp³-hybridized carbons (Fsp3) is 0.185. The zero-order valence-electron chi connectivity index (χ0n) is 19.7. The second kappa shape index (κ2) is 10.2. The number of hydrogen-bond acceptors (Lipinski definition) is 6. The third-order valence-electron chi connectivity index (χ3n) is 6.17. The molecule has 1 heterocycles. The maximum atomic E-state index is 13.2. The van der Waals surface area contributed by atoms with E-state index >= 15 is 0 Å². The lowest BCUT2D eigenvalue weighted by Crippen LogP contribution is -2.31. The normalized spacial score (nSPS) is 16.9. The Balaban J connectivity index is 1.77. The quantitative estimate of drug-likeness (QED) is 0.160. The Kier molecular flexibility index (Phi) is 7.07. The Morgan fingerprint density at radius 2 is 1.61 bits per heavy atom. The number of nitro benzene ring substituents is 1. The molecule has 1 aliphatic heterocycles. The van der Waals surface area contributed by atoms with Crippen LogP contribution in [-0.4, -0.2) is 47.3 Å². The molecule has 36 heavy (non-hydrogen) atoms. The molecule has 0 bridgehead atoms. The highest BCUT2D eigenvalue weighted by atomic mass is 35.5. The van der Waals surface area contributed by atoms with Crippen LogP contribution in [-0.2, 0) is 16.0 Å². The van der Waals surface area contributed by atoms with Crippen LogP contribution in [0.15, 0.2) is 78.4 Å². The van der Waals surface area contributed by atoms with Crippen LogP contribution in [0.3, 0.4) is 0 Å². The molecule has 3 aromatic carbocycles. The van der Waals surface area contributed by atoms with Crippen molar-refractivity contribution in [3.8, 4) is 0 Å². The third kappa shape index (κ3) is 4.94. The molecule has 0 spiro atoms. The summed E-state index contributed by atoms with van der Waals surface area (Å²) >= 11 is 5.97. The third-order valence-corrected chi connectivity index (χ3v) is 6.42. The molecule has 1 N–H and O–H groups in total. The van der Waals surface area contributed by atoms with Crippen LogP contribution in [0.1, 0.15) is 22.7 Å². The summed E-state index contributed by atoms with van der Waals surface area (Å²) in [6.07, 6.45) is 0.480. The fourth-order valence-electron chi connectivity index (χ4n) is 4.21. The molecule has 0 radical (unpaired) electrons. The molecule has 0 saturated carbocycles. The van der Waals surface area contributed by atoms with Gasteiger partial charge in [0.1, 0.15) is 5.76 Å². The van der Waals surface area contributed by atoms with E-state index in [1.807, 2.05) is 55.4 Å². The largest absolute Gasteiger partial charge is 0.507 e. The molecule has 1 fully saturated rings. The number of aliphatic hydroxyl groups excluding tert-OH is 1. The van der Waals surface area contributed by atoms with Crippen molar-refractivity contribution in [3.63, 3.8) is 0 Å². The van der Waals surface area contributed by atoms with Gasteiger partial charge in [-0.1, -0.05) is 35.9 Å². The number of carbonyl (C=O) groups excluding carboxylic acids is 2. The first-order chi connectivity index (χ1) is 17.2. The predicted octanol–water partition coefficient (Wildman–Crippen LogP) is 4.98. The number of halogens is 1. The summed E-state index contributed by atoms with van der Waals surface area (Å²) in [6, 6.07) is 19.0. The molecule has 1 aliphatic rings. The van der Waals surface area contributed by atoms with E-state index in [0.29, 0.717) is 17.0 Å².